The highest BCUT2D eigenvalue weighted by Gasteiger charge is 2.54. The summed E-state index contributed by atoms with van der Waals surface area (Å²) in [4.78, 5) is 0. The summed E-state index contributed by atoms with van der Waals surface area (Å²) in [7, 11) is 0. The molecular weight excluding hydrogens is 202 g/mol. The van der Waals surface area contributed by atoms with Crippen molar-refractivity contribution < 1.29 is 18.3 Å². The minimum Gasteiger partial charge on any atom is -0.348 e. The van der Waals surface area contributed by atoms with E-state index in [1.54, 1.807) is 0 Å². The molecule has 2 saturated carbocycles. The molecule has 4 heteroatoms. The van der Waals surface area contributed by atoms with Crippen LogP contribution in [0.3, 0.4) is 0 Å². The van der Waals surface area contributed by atoms with Gasteiger partial charge in [-0.15, -0.1) is 0 Å². The second-order valence-electron chi connectivity index (χ2n) is 5.13. The Morgan fingerprint density at radius 3 is 2.33 bits per heavy atom. The van der Waals surface area contributed by atoms with Crippen LogP contribution in [-0.4, -0.2) is 24.9 Å². The summed E-state index contributed by atoms with van der Waals surface area (Å²) in [6.45, 7) is 1.24. The maximum Gasteiger partial charge on any atom is 0.248 e. The second kappa shape index (κ2) is 3.14. The number of alkyl halides is 2. The smallest absolute Gasteiger partial charge is 0.248 e. The molecule has 0 N–H and O–H groups in total. The van der Waals surface area contributed by atoms with Crippen molar-refractivity contribution in [2.75, 3.05) is 13.2 Å². The Balaban J connectivity index is 1.74. The van der Waals surface area contributed by atoms with E-state index in [1.165, 1.54) is 0 Å². The van der Waals surface area contributed by atoms with Crippen molar-refractivity contribution in [3.8, 4) is 0 Å². The van der Waals surface area contributed by atoms with Crippen LogP contribution in [0.4, 0.5) is 8.78 Å². The number of hydrogen-bond acceptors (Lipinski definition) is 2. The molecule has 3 aliphatic rings. The normalized spacial score (nSPS) is 42.0. The van der Waals surface area contributed by atoms with Gasteiger partial charge in [0.1, 0.15) is 0 Å². The van der Waals surface area contributed by atoms with Crippen molar-refractivity contribution in [1.29, 1.82) is 0 Å². The van der Waals surface area contributed by atoms with Gasteiger partial charge in [-0.1, -0.05) is 0 Å². The van der Waals surface area contributed by atoms with Gasteiger partial charge in [-0.05, 0) is 18.3 Å². The zero-order chi connectivity index (χ0) is 10.5. The molecule has 3 rings (SSSR count). The Kier molecular flexibility index (Phi) is 2.09. The van der Waals surface area contributed by atoms with E-state index >= 15 is 0 Å². The number of halogens is 2. The summed E-state index contributed by atoms with van der Waals surface area (Å²) in [5.41, 5.74) is 0. The fourth-order valence-electron chi connectivity index (χ4n) is 3.41. The monoisotopic (exact) mass is 218 g/mol. The zero-order valence-corrected chi connectivity index (χ0v) is 8.68. The van der Waals surface area contributed by atoms with E-state index in [2.05, 4.69) is 0 Å². The fraction of sp³-hybridized carbons (Fsp3) is 1.00. The molecule has 2 atom stereocenters. The predicted molar refractivity (Wildman–Crippen MR) is 49.6 cm³/mol. The molecule has 15 heavy (non-hydrogen) atoms. The molecule has 0 bridgehead atoms. The first-order valence-corrected chi connectivity index (χ1v) is 5.74. The summed E-state index contributed by atoms with van der Waals surface area (Å²) in [6, 6.07) is 0. The molecule has 2 aliphatic carbocycles. The number of fused-ring (bicyclic) bond motifs is 1. The molecule has 2 nitrogen and oxygen atoms in total. The van der Waals surface area contributed by atoms with E-state index < -0.39 is 11.7 Å². The van der Waals surface area contributed by atoms with Crippen LogP contribution < -0.4 is 0 Å². The maximum absolute atomic E-state index is 13.2. The lowest BCUT2D eigenvalue weighted by Gasteiger charge is -2.30. The quantitative estimate of drug-likeness (QED) is 0.622. The summed E-state index contributed by atoms with van der Waals surface area (Å²) in [5, 5.41) is 0. The first kappa shape index (κ1) is 9.97. The van der Waals surface area contributed by atoms with Crippen molar-refractivity contribution in [2.24, 2.45) is 11.8 Å². The molecule has 86 valence electrons. The molecule has 1 heterocycles. The summed E-state index contributed by atoms with van der Waals surface area (Å²) in [5.74, 6) is -2.45. The molecule has 0 aromatic carbocycles. The number of hydrogen-bond donors (Lipinski definition) is 0. The van der Waals surface area contributed by atoms with E-state index in [0.29, 0.717) is 32.0 Å². The Hall–Kier alpha value is -0.220. The highest BCUT2D eigenvalue weighted by atomic mass is 19.3. The van der Waals surface area contributed by atoms with Crippen molar-refractivity contribution >= 4 is 0 Å². The number of ether oxygens (including phenoxy) is 2. The molecular formula is C11H16F2O2. The van der Waals surface area contributed by atoms with Crippen molar-refractivity contribution in [3.05, 3.63) is 0 Å². The lowest BCUT2D eigenvalue weighted by Crippen LogP contribution is -2.29. The first-order valence-electron chi connectivity index (χ1n) is 5.74. The molecule has 3 fully saturated rings. The highest BCUT2D eigenvalue weighted by molar-refractivity contribution is 4.97. The molecule has 0 unspecified atom stereocenters. The Morgan fingerprint density at radius 1 is 0.933 bits per heavy atom. The molecule has 0 radical (unpaired) electrons. The van der Waals surface area contributed by atoms with Crippen LogP contribution in [-0.2, 0) is 9.47 Å². The Labute approximate surface area is 87.9 Å². The van der Waals surface area contributed by atoms with Crippen molar-refractivity contribution in [3.63, 3.8) is 0 Å². The van der Waals surface area contributed by atoms with E-state index in [-0.39, 0.29) is 18.8 Å². The molecule has 0 aromatic rings. The lowest BCUT2D eigenvalue weighted by molar-refractivity contribution is -0.154. The molecule has 1 spiro atoms. The summed E-state index contributed by atoms with van der Waals surface area (Å²) in [6.07, 6.45) is 2.21. The van der Waals surface area contributed by atoms with E-state index in [9.17, 15) is 8.78 Å². The van der Waals surface area contributed by atoms with Crippen LogP contribution in [0.2, 0.25) is 0 Å². The van der Waals surface area contributed by atoms with E-state index in [4.69, 9.17) is 9.47 Å². The average Bonchev–Trinajstić information content (AvgIpc) is 2.71. The van der Waals surface area contributed by atoms with Crippen LogP contribution in [0.5, 0.6) is 0 Å². The minimum atomic E-state index is -2.45. The van der Waals surface area contributed by atoms with Crippen LogP contribution in [0.25, 0.3) is 0 Å². The Bertz CT molecular complexity index is 261. The van der Waals surface area contributed by atoms with Gasteiger partial charge in [-0.25, -0.2) is 8.78 Å². The van der Waals surface area contributed by atoms with Gasteiger partial charge in [-0.3, -0.25) is 0 Å². The topological polar surface area (TPSA) is 18.5 Å². The van der Waals surface area contributed by atoms with Gasteiger partial charge in [0.25, 0.3) is 0 Å². The number of rotatable bonds is 0. The van der Waals surface area contributed by atoms with Gasteiger partial charge < -0.3 is 9.47 Å². The zero-order valence-electron chi connectivity index (χ0n) is 8.68. The molecule has 0 amide bonds. The molecule has 1 saturated heterocycles. The average molecular weight is 218 g/mol. The first-order chi connectivity index (χ1) is 7.09. The summed E-state index contributed by atoms with van der Waals surface area (Å²) < 4.78 is 37.7. The van der Waals surface area contributed by atoms with Crippen LogP contribution in [0, 0.1) is 11.8 Å². The highest BCUT2D eigenvalue weighted by Crippen LogP contribution is 2.53. The van der Waals surface area contributed by atoms with Gasteiger partial charge in [0, 0.05) is 25.7 Å². The maximum atomic E-state index is 13.2. The molecule has 0 aromatic heterocycles. The van der Waals surface area contributed by atoms with Crippen molar-refractivity contribution in [1.82, 2.24) is 0 Å². The standard InChI is InChI=1S/C11H16F2O2/c12-10(13)2-1-8-6-11(7-9(8)5-10)14-3-4-15-11/h8-9H,1-7H2/t8-,9-/m0/s1. The SMILES string of the molecule is FC1(F)CC[C@H]2CC3(C[C@@H]2C1)OCCO3. The van der Waals surface area contributed by atoms with Crippen LogP contribution in [0.15, 0.2) is 0 Å². The van der Waals surface area contributed by atoms with Crippen LogP contribution >= 0.6 is 0 Å². The third-order valence-corrected chi connectivity index (χ3v) is 4.07. The third-order valence-electron chi connectivity index (χ3n) is 4.07. The third kappa shape index (κ3) is 1.68. The second-order valence-corrected chi connectivity index (χ2v) is 5.13. The van der Waals surface area contributed by atoms with E-state index in [1.807, 2.05) is 0 Å². The van der Waals surface area contributed by atoms with Gasteiger partial charge in [0.2, 0.25) is 5.92 Å². The van der Waals surface area contributed by atoms with Crippen LogP contribution in [0.1, 0.15) is 32.1 Å². The fourth-order valence-corrected chi connectivity index (χ4v) is 3.41. The van der Waals surface area contributed by atoms with Gasteiger partial charge in [0.05, 0.1) is 13.2 Å². The van der Waals surface area contributed by atoms with Gasteiger partial charge in [-0.2, -0.15) is 0 Å². The van der Waals surface area contributed by atoms with Crippen molar-refractivity contribution in [2.45, 2.75) is 43.8 Å². The van der Waals surface area contributed by atoms with Gasteiger partial charge >= 0.3 is 0 Å². The molecule has 1 aliphatic heterocycles. The predicted octanol–water partition coefficient (Wildman–Crippen LogP) is 2.57. The minimum absolute atomic E-state index is 0.0339. The Morgan fingerprint density at radius 2 is 1.60 bits per heavy atom. The van der Waals surface area contributed by atoms with Gasteiger partial charge in [0.15, 0.2) is 5.79 Å². The largest absolute Gasteiger partial charge is 0.348 e. The summed E-state index contributed by atoms with van der Waals surface area (Å²) >= 11 is 0. The van der Waals surface area contributed by atoms with E-state index in [0.717, 1.165) is 6.42 Å². The lowest BCUT2D eigenvalue weighted by atomic mass is 9.80.